The fourth-order valence-electron chi connectivity index (χ4n) is 3.41. The molecular formula is C25H27ClFN5O2S. The highest BCUT2D eigenvalue weighted by Gasteiger charge is 2.25. The van der Waals surface area contributed by atoms with Gasteiger partial charge >= 0.3 is 0 Å². The summed E-state index contributed by atoms with van der Waals surface area (Å²) in [6, 6.07) is 12.0. The second-order valence-electron chi connectivity index (χ2n) is 8.22. The molecule has 2 N–H and O–H groups in total. The summed E-state index contributed by atoms with van der Waals surface area (Å²) in [7, 11) is 0. The molecule has 184 valence electrons. The summed E-state index contributed by atoms with van der Waals surface area (Å²) in [6.07, 6.45) is 2.33. The fourth-order valence-corrected chi connectivity index (χ4v) is 4.38. The van der Waals surface area contributed by atoms with E-state index in [2.05, 4.69) is 41.3 Å². The molecule has 3 rings (SSSR count). The average Bonchev–Trinajstić information content (AvgIpc) is 3.21. The van der Waals surface area contributed by atoms with Crippen LogP contribution in [0.5, 0.6) is 0 Å². The number of carbonyl (C=O) groups excluding carboxylic acids is 2. The molecule has 1 atom stereocenters. The van der Waals surface area contributed by atoms with Crippen LogP contribution in [-0.4, -0.2) is 32.3 Å². The molecule has 0 saturated carbocycles. The van der Waals surface area contributed by atoms with Gasteiger partial charge in [0.25, 0.3) is 5.91 Å². The lowest BCUT2D eigenvalue weighted by Crippen LogP contribution is -2.32. The lowest BCUT2D eigenvalue weighted by Gasteiger charge is -2.21. The molecule has 2 amide bonds. The van der Waals surface area contributed by atoms with Crippen molar-refractivity contribution in [2.45, 2.75) is 38.0 Å². The fraction of sp³-hybridized carbons (Fsp3) is 0.280. The number of benzene rings is 2. The summed E-state index contributed by atoms with van der Waals surface area (Å²) in [6.45, 7) is 8.33. The van der Waals surface area contributed by atoms with Gasteiger partial charge in [0.2, 0.25) is 5.91 Å². The molecule has 10 heteroatoms. The number of nitrogens with zero attached hydrogens (tertiary/aromatic N) is 3. The first-order valence-corrected chi connectivity index (χ1v) is 12.4. The molecule has 0 saturated heterocycles. The molecule has 35 heavy (non-hydrogen) atoms. The SMILES string of the molecule is C=CCn1c(SCC(=O)Nc2ccc(F)cc2)nnc1[C@H](CC(C)C)NC(=O)c1ccccc1Cl. The molecule has 1 aromatic heterocycles. The van der Waals surface area contributed by atoms with Crippen molar-refractivity contribution < 1.29 is 14.0 Å². The molecular weight excluding hydrogens is 489 g/mol. The molecule has 7 nitrogen and oxygen atoms in total. The van der Waals surface area contributed by atoms with Crippen molar-refractivity contribution in [3.63, 3.8) is 0 Å². The van der Waals surface area contributed by atoms with Gasteiger partial charge in [0, 0.05) is 12.2 Å². The summed E-state index contributed by atoms with van der Waals surface area (Å²) >= 11 is 7.42. The van der Waals surface area contributed by atoms with Gasteiger partial charge in [0.05, 0.1) is 22.4 Å². The zero-order valence-corrected chi connectivity index (χ0v) is 21.1. The minimum Gasteiger partial charge on any atom is -0.342 e. The van der Waals surface area contributed by atoms with Crippen LogP contribution in [-0.2, 0) is 11.3 Å². The van der Waals surface area contributed by atoms with E-state index in [4.69, 9.17) is 11.6 Å². The first-order valence-electron chi connectivity index (χ1n) is 11.1. The Labute approximate surface area is 213 Å². The summed E-state index contributed by atoms with van der Waals surface area (Å²) in [5.41, 5.74) is 0.884. The predicted octanol–water partition coefficient (Wildman–Crippen LogP) is 5.50. The third-order valence-corrected chi connectivity index (χ3v) is 6.26. The lowest BCUT2D eigenvalue weighted by atomic mass is 10.0. The Morgan fingerprint density at radius 1 is 1.17 bits per heavy atom. The van der Waals surface area contributed by atoms with Crippen LogP contribution in [0.1, 0.15) is 42.5 Å². The molecule has 2 aromatic carbocycles. The van der Waals surface area contributed by atoms with Crippen molar-refractivity contribution >= 4 is 40.9 Å². The number of rotatable bonds is 11. The monoisotopic (exact) mass is 515 g/mol. The van der Waals surface area contributed by atoms with E-state index in [-0.39, 0.29) is 29.3 Å². The Morgan fingerprint density at radius 3 is 2.54 bits per heavy atom. The molecule has 0 radical (unpaired) electrons. The van der Waals surface area contributed by atoms with Gasteiger partial charge < -0.3 is 15.2 Å². The number of amides is 2. The van der Waals surface area contributed by atoms with Crippen LogP contribution in [0, 0.1) is 11.7 Å². The minimum atomic E-state index is -0.423. The largest absolute Gasteiger partial charge is 0.342 e. The van der Waals surface area contributed by atoms with Gasteiger partial charge in [0.1, 0.15) is 5.82 Å². The van der Waals surface area contributed by atoms with E-state index < -0.39 is 6.04 Å². The molecule has 0 bridgehead atoms. The standard InChI is InChI=1S/C25H27ClFN5O2S/c1-4-13-32-23(21(14-16(2)3)29-24(34)19-7-5-6-8-20(19)26)30-31-25(32)35-15-22(33)28-18-11-9-17(27)10-12-18/h4-12,16,21H,1,13-15H2,2-3H3,(H,28,33)(H,29,34)/t21-/m0/s1. The Morgan fingerprint density at radius 2 is 1.89 bits per heavy atom. The quantitative estimate of drug-likeness (QED) is 0.260. The van der Waals surface area contributed by atoms with E-state index in [1.807, 2.05) is 4.57 Å². The Bertz CT molecular complexity index is 1180. The number of hydrogen-bond donors (Lipinski definition) is 2. The second kappa shape index (κ2) is 12.5. The third-order valence-electron chi connectivity index (χ3n) is 4.96. The third kappa shape index (κ3) is 7.40. The molecule has 0 aliphatic rings. The first-order chi connectivity index (χ1) is 16.8. The van der Waals surface area contributed by atoms with E-state index in [0.717, 1.165) is 0 Å². The number of hydrogen-bond acceptors (Lipinski definition) is 5. The van der Waals surface area contributed by atoms with Gasteiger partial charge in [-0.05, 0) is 48.7 Å². The highest BCUT2D eigenvalue weighted by molar-refractivity contribution is 7.99. The van der Waals surface area contributed by atoms with Crippen LogP contribution < -0.4 is 10.6 Å². The summed E-state index contributed by atoms with van der Waals surface area (Å²) < 4.78 is 14.9. The van der Waals surface area contributed by atoms with Crippen molar-refractivity contribution in [3.8, 4) is 0 Å². The maximum Gasteiger partial charge on any atom is 0.253 e. The average molecular weight is 516 g/mol. The maximum absolute atomic E-state index is 13.1. The number of aromatic nitrogens is 3. The van der Waals surface area contributed by atoms with Crippen molar-refractivity contribution in [2.75, 3.05) is 11.1 Å². The van der Waals surface area contributed by atoms with Crippen LogP contribution in [0.25, 0.3) is 0 Å². The highest BCUT2D eigenvalue weighted by Crippen LogP contribution is 2.26. The molecule has 0 aliphatic carbocycles. The van der Waals surface area contributed by atoms with Crippen molar-refractivity contribution in [1.82, 2.24) is 20.1 Å². The van der Waals surface area contributed by atoms with Gasteiger partial charge in [-0.15, -0.1) is 16.8 Å². The molecule has 0 fully saturated rings. The molecule has 0 spiro atoms. The Balaban J connectivity index is 1.77. The molecule has 0 aliphatic heterocycles. The first kappa shape index (κ1) is 26.4. The van der Waals surface area contributed by atoms with Crippen molar-refractivity contribution in [2.24, 2.45) is 5.92 Å². The van der Waals surface area contributed by atoms with E-state index in [9.17, 15) is 14.0 Å². The number of anilines is 1. The van der Waals surface area contributed by atoms with E-state index in [1.165, 1.54) is 36.0 Å². The topological polar surface area (TPSA) is 88.9 Å². The van der Waals surface area contributed by atoms with E-state index in [1.54, 1.807) is 30.3 Å². The number of halogens is 2. The van der Waals surface area contributed by atoms with Gasteiger partial charge in [-0.25, -0.2) is 4.39 Å². The van der Waals surface area contributed by atoms with Gasteiger partial charge in [-0.2, -0.15) is 0 Å². The van der Waals surface area contributed by atoms with E-state index in [0.29, 0.717) is 40.2 Å². The van der Waals surface area contributed by atoms with Gasteiger partial charge in [-0.3, -0.25) is 9.59 Å². The summed E-state index contributed by atoms with van der Waals surface area (Å²) in [4.78, 5) is 25.3. The Hall–Kier alpha value is -3.17. The normalized spacial score (nSPS) is 11.8. The molecule has 0 unspecified atom stereocenters. The number of carbonyl (C=O) groups is 2. The highest BCUT2D eigenvalue weighted by atomic mass is 35.5. The van der Waals surface area contributed by atoms with Gasteiger partial charge in [-0.1, -0.05) is 55.4 Å². The zero-order chi connectivity index (χ0) is 25.4. The number of nitrogens with one attached hydrogen (secondary N) is 2. The number of thioether (sulfide) groups is 1. The van der Waals surface area contributed by atoms with Crippen molar-refractivity contribution in [3.05, 3.63) is 83.4 Å². The summed E-state index contributed by atoms with van der Waals surface area (Å²) in [5, 5.41) is 15.3. The summed E-state index contributed by atoms with van der Waals surface area (Å²) in [5.74, 6) is -0.0316. The number of allylic oxidation sites excluding steroid dienone is 1. The molecule has 3 aromatic rings. The van der Waals surface area contributed by atoms with Crippen LogP contribution in [0.15, 0.2) is 66.3 Å². The van der Waals surface area contributed by atoms with Crippen LogP contribution >= 0.6 is 23.4 Å². The van der Waals surface area contributed by atoms with Crippen molar-refractivity contribution in [1.29, 1.82) is 0 Å². The van der Waals surface area contributed by atoms with Crippen LogP contribution in [0.4, 0.5) is 10.1 Å². The van der Waals surface area contributed by atoms with E-state index >= 15 is 0 Å². The lowest BCUT2D eigenvalue weighted by molar-refractivity contribution is -0.113. The molecule has 1 heterocycles. The van der Waals surface area contributed by atoms with Crippen LogP contribution in [0.3, 0.4) is 0 Å². The zero-order valence-electron chi connectivity index (χ0n) is 19.5. The maximum atomic E-state index is 13.1. The van der Waals surface area contributed by atoms with Gasteiger partial charge in [0.15, 0.2) is 11.0 Å². The Kier molecular flexibility index (Phi) is 9.45. The smallest absolute Gasteiger partial charge is 0.253 e. The minimum absolute atomic E-state index is 0.0769. The second-order valence-corrected chi connectivity index (χ2v) is 9.57. The van der Waals surface area contributed by atoms with Crippen LogP contribution in [0.2, 0.25) is 5.02 Å². The predicted molar refractivity (Wildman–Crippen MR) is 137 cm³/mol.